The quantitative estimate of drug-likeness (QED) is 0.494. The van der Waals surface area contributed by atoms with Gasteiger partial charge < -0.3 is 5.32 Å². The van der Waals surface area contributed by atoms with Crippen LogP contribution in [0.1, 0.15) is 54.9 Å². The Morgan fingerprint density at radius 1 is 1.09 bits per heavy atom. The van der Waals surface area contributed by atoms with Crippen molar-refractivity contribution in [3.8, 4) is 0 Å². The number of fused-ring (bicyclic) bond motifs is 3. The Balaban J connectivity index is 1.67. The third-order valence-electron chi connectivity index (χ3n) is 6.35. The summed E-state index contributed by atoms with van der Waals surface area (Å²) < 4.78 is 4.38. The molecule has 2 heterocycles. The summed E-state index contributed by atoms with van der Waals surface area (Å²) in [6.45, 7) is 2.72. The van der Waals surface area contributed by atoms with Crippen LogP contribution >= 0.6 is 0 Å². The SMILES string of the molecule is CCCn1c(=O)c2ccc(C(=O)NC3CCCC3)cc2n2c(=O)n(Cc3ccccc3)nc12. The van der Waals surface area contributed by atoms with Crippen molar-refractivity contribution < 1.29 is 4.79 Å². The van der Waals surface area contributed by atoms with Gasteiger partial charge in [0.2, 0.25) is 5.78 Å². The van der Waals surface area contributed by atoms with E-state index in [2.05, 4.69) is 10.4 Å². The molecule has 1 aliphatic rings. The molecule has 0 radical (unpaired) electrons. The van der Waals surface area contributed by atoms with Crippen molar-refractivity contribution in [2.75, 3.05) is 0 Å². The minimum absolute atomic E-state index is 0.181. The molecule has 0 aliphatic heterocycles. The van der Waals surface area contributed by atoms with E-state index in [0.717, 1.165) is 37.7 Å². The predicted molar refractivity (Wildman–Crippen MR) is 127 cm³/mol. The van der Waals surface area contributed by atoms with Crippen LogP contribution in [0.2, 0.25) is 0 Å². The second-order valence-corrected chi connectivity index (χ2v) is 8.70. The molecular weight excluding hydrogens is 418 g/mol. The van der Waals surface area contributed by atoms with Crippen LogP contribution in [-0.2, 0) is 13.1 Å². The molecule has 0 spiro atoms. The van der Waals surface area contributed by atoms with E-state index < -0.39 is 0 Å². The molecular formula is C25H27N5O3. The molecule has 0 bridgehead atoms. The van der Waals surface area contributed by atoms with Crippen molar-refractivity contribution in [2.45, 2.75) is 58.2 Å². The molecule has 8 heteroatoms. The first-order chi connectivity index (χ1) is 16.1. The Hall–Kier alpha value is -3.68. The number of nitrogens with one attached hydrogen (secondary N) is 1. The summed E-state index contributed by atoms with van der Waals surface area (Å²) >= 11 is 0. The molecule has 0 atom stereocenters. The van der Waals surface area contributed by atoms with E-state index in [4.69, 9.17) is 0 Å². The summed E-state index contributed by atoms with van der Waals surface area (Å²) in [5, 5.41) is 8.00. The highest BCUT2D eigenvalue weighted by Crippen LogP contribution is 2.19. The Labute approximate surface area is 190 Å². The van der Waals surface area contributed by atoms with Crippen LogP contribution in [-0.4, -0.2) is 30.7 Å². The monoisotopic (exact) mass is 445 g/mol. The standard InChI is InChI=1S/C25H27N5O3/c1-2-14-28-23(32)20-13-12-18(22(31)26-19-10-6-7-11-19)15-21(20)30-24(28)27-29(25(30)33)16-17-8-4-3-5-9-17/h3-5,8-9,12-13,15,19H,2,6-7,10-11,14,16H2,1H3,(H,26,31). The summed E-state index contributed by atoms with van der Waals surface area (Å²) in [5.74, 6) is 0.114. The van der Waals surface area contributed by atoms with Gasteiger partial charge in [-0.3, -0.25) is 14.2 Å². The molecule has 4 aromatic rings. The fourth-order valence-corrected chi connectivity index (χ4v) is 4.68. The molecule has 1 N–H and O–H groups in total. The molecule has 0 unspecified atom stereocenters. The van der Waals surface area contributed by atoms with Crippen LogP contribution in [0.15, 0.2) is 58.1 Å². The van der Waals surface area contributed by atoms with Gasteiger partial charge in [0.1, 0.15) is 0 Å². The number of hydrogen-bond acceptors (Lipinski definition) is 4. The van der Waals surface area contributed by atoms with E-state index in [-0.39, 0.29) is 23.2 Å². The fraction of sp³-hybridized carbons (Fsp3) is 0.360. The molecule has 8 nitrogen and oxygen atoms in total. The number of benzene rings is 2. The van der Waals surface area contributed by atoms with Crippen molar-refractivity contribution in [3.63, 3.8) is 0 Å². The summed E-state index contributed by atoms with van der Waals surface area (Å²) in [5.41, 5.74) is 1.24. The van der Waals surface area contributed by atoms with E-state index in [1.54, 1.807) is 22.8 Å². The minimum Gasteiger partial charge on any atom is -0.349 e. The van der Waals surface area contributed by atoms with Crippen LogP contribution in [0, 0.1) is 0 Å². The highest BCUT2D eigenvalue weighted by Gasteiger charge is 2.21. The highest BCUT2D eigenvalue weighted by molar-refractivity contribution is 5.98. The van der Waals surface area contributed by atoms with Gasteiger partial charge in [0.25, 0.3) is 11.5 Å². The van der Waals surface area contributed by atoms with Crippen molar-refractivity contribution in [1.29, 1.82) is 0 Å². The van der Waals surface area contributed by atoms with Crippen LogP contribution in [0.4, 0.5) is 0 Å². The number of carbonyl (C=O) groups excluding carboxylic acids is 1. The second kappa shape index (κ2) is 8.69. The first-order valence-electron chi connectivity index (χ1n) is 11.6. The molecule has 5 rings (SSSR count). The molecule has 1 fully saturated rings. The second-order valence-electron chi connectivity index (χ2n) is 8.70. The maximum Gasteiger partial charge on any atom is 0.352 e. The van der Waals surface area contributed by atoms with Gasteiger partial charge in [0.05, 0.1) is 17.4 Å². The molecule has 2 aromatic carbocycles. The lowest BCUT2D eigenvalue weighted by Crippen LogP contribution is -2.32. The molecule has 170 valence electrons. The van der Waals surface area contributed by atoms with E-state index in [1.807, 2.05) is 37.3 Å². The molecule has 33 heavy (non-hydrogen) atoms. The van der Waals surface area contributed by atoms with Crippen molar-refractivity contribution in [1.82, 2.24) is 24.1 Å². The van der Waals surface area contributed by atoms with Crippen molar-refractivity contribution >= 4 is 22.6 Å². The molecule has 0 saturated heterocycles. The third kappa shape index (κ3) is 3.86. The Bertz CT molecular complexity index is 1440. The van der Waals surface area contributed by atoms with E-state index in [0.29, 0.717) is 35.3 Å². The number of amides is 1. The number of aromatic nitrogens is 4. The smallest absolute Gasteiger partial charge is 0.349 e. The molecule has 1 amide bonds. The number of hydrogen-bond donors (Lipinski definition) is 1. The zero-order valence-corrected chi connectivity index (χ0v) is 18.7. The lowest BCUT2D eigenvalue weighted by molar-refractivity contribution is 0.0938. The Morgan fingerprint density at radius 2 is 1.85 bits per heavy atom. The van der Waals surface area contributed by atoms with Gasteiger partial charge in [-0.15, -0.1) is 5.10 Å². The lowest BCUT2D eigenvalue weighted by Gasteiger charge is -2.13. The zero-order chi connectivity index (χ0) is 22.9. The largest absolute Gasteiger partial charge is 0.352 e. The third-order valence-corrected chi connectivity index (χ3v) is 6.35. The summed E-state index contributed by atoms with van der Waals surface area (Å²) in [4.78, 5) is 39.6. The number of carbonyl (C=O) groups is 1. The highest BCUT2D eigenvalue weighted by atomic mass is 16.2. The van der Waals surface area contributed by atoms with E-state index in [9.17, 15) is 14.4 Å². The van der Waals surface area contributed by atoms with Gasteiger partial charge in [0.15, 0.2) is 0 Å². The fourth-order valence-electron chi connectivity index (χ4n) is 4.68. The normalized spacial score (nSPS) is 14.3. The summed E-state index contributed by atoms with van der Waals surface area (Å²) in [6, 6.07) is 14.7. The lowest BCUT2D eigenvalue weighted by atomic mass is 10.1. The van der Waals surface area contributed by atoms with E-state index in [1.165, 1.54) is 9.08 Å². The average molecular weight is 446 g/mol. The minimum atomic E-state index is -0.336. The maximum absolute atomic E-state index is 13.4. The first kappa shape index (κ1) is 21.2. The van der Waals surface area contributed by atoms with Gasteiger partial charge in [-0.25, -0.2) is 13.9 Å². The van der Waals surface area contributed by atoms with Crippen LogP contribution in [0.3, 0.4) is 0 Å². The first-order valence-corrected chi connectivity index (χ1v) is 11.6. The predicted octanol–water partition coefficient (Wildman–Crippen LogP) is 2.94. The molecule has 1 saturated carbocycles. The summed E-state index contributed by atoms with van der Waals surface area (Å²) in [7, 11) is 0. The average Bonchev–Trinajstić information content (AvgIpc) is 3.45. The number of rotatable bonds is 6. The van der Waals surface area contributed by atoms with Crippen LogP contribution in [0.5, 0.6) is 0 Å². The zero-order valence-electron chi connectivity index (χ0n) is 18.7. The van der Waals surface area contributed by atoms with Crippen LogP contribution in [0.25, 0.3) is 16.7 Å². The van der Waals surface area contributed by atoms with Gasteiger partial charge in [-0.1, -0.05) is 50.1 Å². The molecule has 2 aromatic heterocycles. The van der Waals surface area contributed by atoms with Gasteiger partial charge in [-0.05, 0) is 43.0 Å². The Kier molecular flexibility index (Phi) is 5.58. The van der Waals surface area contributed by atoms with Crippen LogP contribution < -0.4 is 16.6 Å². The van der Waals surface area contributed by atoms with Crippen molar-refractivity contribution in [3.05, 3.63) is 80.5 Å². The summed E-state index contributed by atoms with van der Waals surface area (Å²) in [6.07, 6.45) is 4.93. The number of nitrogens with zero attached hydrogens (tertiary/aromatic N) is 4. The van der Waals surface area contributed by atoms with Crippen molar-refractivity contribution in [2.24, 2.45) is 0 Å². The van der Waals surface area contributed by atoms with E-state index >= 15 is 0 Å². The molecule has 1 aliphatic carbocycles. The Morgan fingerprint density at radius 3 is 2.58 bits per heavy atom. The topological polar surface area (TPSA) is 90.4 Å². The maximum atomic E-state index is 13.4. The van der Waals surface area contributed by atoms with Gasteiger partial charge >= 0.3 is 5.69 Å². The number of aryl methyl sites for hydroxylation is 1. The van der Waals surface area contributed by atoms with Gasteiger partial charge in [0, 0.05) is 18.2 Å². The van der Waals surface area contributed by atoms with Gasteiger partial charge in [-0.2, -0.15) is 0 Å².